The predicted octanol–water partition coefficient (Wildman–Crippen LogP) is 3.46. The van der Waals surface area contributed by atoms with Gasteiger partial charge in [0, 0.05) is 17.8 Å². The second kappa shape index (κ2) is 7.70. The van der Waals surface area contributed by atoms with Crippen molar-refractivity contribution in [1.29, 1.82) is 0 Å². The monoisotopic (exact) mass is 351 g/mol. The Labute approximate surface area is 144 Å². The third-order valence-corrected chi connectivity index (χ3v) is 4.79. The van der Waals surface area contributed by atoms with Gasteiger partial charge in [-0.3, -0.25) is 4.79 Å². The Morgan fingerprint density at radius 1 is 1.26 bits per heavy atom. The van der Waals surface area contributed by atoms with E-state index in [2.05, 4.69) is 11.4 Å². The molecule has 0 bridgehead atoms. The first kappa shape index (κ1) is 16.1. The van der Waals surface area contributed by atoms with Crippen molar-refractivity contribution in [3.05, 3.63) is 45.1 Å². The molecule has 0 saturated heterocycles. The summed E-state index contributed by atoms with van der Waals surface area (Å²) in [6.07, 6.45) is 2.02. The van der Waals surface area contributed by atoms with Crippen LogP contribution < -0.4 is 14.8 Å². The molecule has 0 spiro atoms. The molecule has 1 amide bonds. The van der Waals surface area contributed by atoms with E-state index >= 15 is 0 Å². The number of aryl methyl sites for hydroxylation is 1. The molecule has 6 heteroatoms. The van der Waals surface area contributed by atoms with E-state index in [1.54, 1.807) is 11.3 Å². The molecule has 0 saturated carbocycles. The summed E-state index contributed by atoms with van der Waals surface area (Å²) >= 11 is 7.88. The Morgan fingerprint density at radius 3 is 2.96 bits per heavy atom. The summed E-state index contributed by atoms with van der Waals surface area (Å²) in [6.45, 7) is 1.64. The molecule has 0 aliphatic carbocycles. The summed E-state index contributed by atoms with van der Waals surface area (Å²) in [5.41, 5.74) is 1.03. The third kappa shape index (κ3) is 4.39. The van der Waals surface area contributed by atoms with Crippen LogP contribution in [0.4, 0.5) is 0 Å². The van der Waals surface area contributed by atoms with Gasteiger partial charge in [-0.05, 0) is 42.0 Å². The summed E-state index contributed by atoms with van der Waals surface area (Å²) in [6, 6.07) is 7.85. The minimum atomic E-state index is 0.0713. The van der Waals surface area contributed by atoms with Crippen LogP contribution in [0.1, 0.15) is 16.9 Å². The first-order valence-electron chi connectivity index (χ1n) is 7.59. The molecular formula is C17H18ClNO3S. The van der Waals surface area contributed by atoms with Crippen LogP contribution in [-0.4, -0.2) is 25.7 Å². The number of fused-ring (bicyclic) bond motifs is 1. The molecule has 23 heavy (non-hydrogen) atoms. The molecule has 1 aromatic carbocycles. The third-order valence-electron chi connectivity index (χ3n) is 3.57. The van der Waals surface area contributed by atoms with Gasteiger partial charge in [-0.15, -0.1) is 11.3 Å². The van der Waals surface area contributed by atoms with Gasteiger partial charge in [0.25, 0.3) is 0 Å². The maximum Gasteiger partial charge on any atom is 0.220 e. The number of benzene rings is 1. The molecule has 1 aliphatic heterocycles. The van der Waals surface area contributed by atoms with Gasteiger partial charge in [-0.25, -0.2) is 0 Å². The van der Waals surface area contributed by atoms with Gasteiger partial charge >= 0.3 is 0 Å². The van der Waals surface area contributed by atoms with Crippen molar-refractivity contribution in [2.24, 2.45) is 0 Å². The second-order valence-corrected chi connectivity index (χ2v) is 6.72. The fourth-order valence-corrected chi connectivity index (χ4v) is 3.43. The molecule has 0 atom stereocenters. The average molecular weight is 352 g/mol. The number of carbonyl (C=O) groups is 1. The molecule has 0 fully saturated rings. The van der Waals surface area contributed by atoms with Gasteiger partial charge in [-0.2, -0.15) is 0 Å². The van der Waals surface area contributed by atoms with Crippen LogP contribution in [0.5, 0.6) is 11.5 Å². The van der Waals surface area contributed by atoms with Gasteiger partial charge in [-0.1, -0.05) is 17.7 Å². The molecule has 2 aromatic rings. The Bertz CT molecular complexity index is 673. The molecule has 4 nitrogen and oxygen atoms in total. The van der Waals surface area contributed by atoms with Crippen molar-refractivity contribution < 1.29 is 14.3 Å². The van der Waals surface area contributed by atoms with Crippen LogP contribution in [-0.2, 0) is 17.6 Å². The maximum absolute atomic E-state index is 11.9. The quantitative estimate of drug-likeness (QED) is 0.867. The summed E-state index contributed by atoms with van der Waals surface area (Å²) in [5, 5.41) is 5.53. The Balaban J connectivity index is 1.47. The largest absolute Gasteiger partial charge is 0.486 e. The van der Waals surface area contributed by atoms with Crippen molar-refractivity contribution in [3.8, 4) is 11.5 Å². The van der Waals surface area contributed by atoms with Gasteiger partial charge in [0.2, 0.25) is 5.91 Å². The highest BCUT2D eigenvalue weighted by molar-refractivity contribution is 7.09. The van der Waals surface area contributed by atoms with Gasteiger partial charge in [0.05, 0.1) is 5.02 Å². The SMILES string of the molecule is O=C(CCc1cccs1)NCCc1cc(Cl)c2c(c1)OCCO2. The summed E-state index contributed by atoms with van der Waals surface area (Å²) < 4.78 is 11.1. The number of ether oxygens (including phenoxy) is 2. The number of hydrogen-bond acceptors (Lipinski definition) is 4. The molecule has 1 N–H and O–H groups in total. The van der Waals surface area contributed by atoms with E-state index in [1.807, 2.05) is 23.6 Å². The molecule has 0 radical (unpaired) electrons. The lowest BCUT2D eigenvalue weighted by molar-refractivity contribution is -0.121. The van der Waals surface area contributed by atoms with E-state index in [1.165, 1.54) is 4.88 Å². The van der Waals surface area contributed by atoms with Crippen molar-refractivity contribution >= 4 is 28.8 Å². The zero-order chi connectivity index (χ0) is 16.1. The van der Waals surface area contributed by atoms with Crippen molar-refractivity contribution in [2.75, 3.05) is 19.8 Å². The predicted molar refractivity (Wildman–Crippen MR) is 91.8 cm³/mol. The van der Waals surface area contributed by atoms with Crippen LogP contribution >= 0.6 is 22.9 Å². The minimum Gasteiger partial charge on any atom is -0.486 e. The van der Waals surface area contributed by atoms with E-state index in [-0.39, 0.29) is 5.91 Å². The molecule has 122 valence electrons. The Morgan fingerprint density at radius 2 is 2.13 bits per heavy atom. The van der Waals surface area contributed by atoms with Crippen LogP contribution in [0.25, 0.3) is 0 Å². The first-order valence-corrected chi connectivity index (χ1v) is 8.85. The minimum absolute atomic E-state index is 0.0713. The van der Waals surface area contributed by atoms with E-state index in [4.69, 9.17) is 21.1 Å². The van der Waals surface area contributed by atoms with E-state index < -0.39 is 0 Å². The highest BCUT2D eigenvalue weighted by Crippen LogP contribution is 2.38. The fraction of sp³-hybridized carbons (Fsp3) is 0.353. The molecule has 3 rings (SSSR count). The smallest absolute Gasteiger partial charge is 0.220 e. The van der Waals surface area contributed by atoms with E-state index in [0.29, 0.717) is 49.1 Å². The van der Waals surface area contributed by atoms with Gasteiger partial charge in [0.1, 0.15) is 13.2 Å². The van der Waals surface area contributed by atoms with Gasteiger partial charge < -0.3 is 14.8 Å². The van der Waals surface area contributed by atoms with E-state index in [0.717, 1.165) is 12.0 Å². The van der Waals surface area contributed by atoms with Crippen LogP contribution in [0.3, 0.4) is 0 Å². The number of rotatable bonds is 6. The van der Waals surface area contributed by atoms with Gasteiger partial charge in [0.15, 0.2) is 11.5 Å². The molecule has 0 unspecified atom stereocenters. The highest BCUT2D eigenvalue weighted by Gasteiger charge is 2.16. The summed E-state index contributed by atoms with van der Waals surface area (Å²) in [7, 11) is 0. The highest BCUT2D eigenvalue weighted by atomic mass is 35.5. The van der Waals surface area contributed by atoms with Crippen molar-refractivity contribution in [2.45, 2.75) is 19.3 Å². The zero-order valence-electron chi connectivity index (χ0n) is 12.6. The number of thiophene rings is 1. The number of nitrogens with one attached hydrogen (secondary N) is 1. The number of hydrogen-bond donors (Lipinski definition) is 1. The second-order valence-electron chi connectivity index (χ2n) is 5.28. The normalized spacial score (nSPS) is 12.9. The molecule has 1 aromatic heterocycles. The Kier molecular flexibility index (Phi) is 5.41. The first-order chi connectivity index (χ1) is 11.2. The fourth-order valence-electron chi connectivity index (χ4n) is 2.43. The lowest BCUT2D eigenvalue weighted by Gasteiger charge is -2.20. The number of halogens is 1. The summed E-state index contributed by atoms with van der Waals surface area (Å²) in [4.78, 5) is 13.1. The lowest BCUT2D eigenvalue weighted by atomic mass is 10.1. The maximum atomic E-state index is 11.9. The zero-order valence-corrected chi connectivity index (χ0v) is 14.2. The standard InChI is InChI=1S/C17H18ClNO3S/c18-14-10-12(11-15-17(14)22-8-7-21-15)5-6-19-16(20)4-3-13-2-1-9-23-13/h1-2,9-11H,3-8H2,(H,19,20). The average Bonchev–Trinajstić information content (AvgIpc) is 3.06. The van der Waals surface area contributed by atoms with Crippen LogP contribution in [0, 0.1) is 0 Å². The van der Waals surface area contributed by atoms with Crippen molar-refractivity contribution in [1.82, 2.24) is 5.32 Å². The Hall–Kier alpha value is -1.72. The summed E-state index contributed by atoms with van der Waals surface area (Å²) in [5.74, 6) is 1.37. The molecule has 2 heterocycles. The molecule has 1 aliphatic rings. The van der Waals surface area contributed by atoms with Crippen LogP contribution in [0.2, 0.25) is 5.02 Å². The number of amides is 1. The lowest BCUT2D eigenvalue weighted by Crippen LogP contribution is -2.25. The van der Waals surface area contributed by atoms with Crippen LogP contribution in [0.15, 0.2) is 29.6 Å². The van der Waals surface area contributed by atoms with Crippen molar-refractivity contribution in [3.63, 3.8) is 0 Å². The number of carbonyl (C=O) groups excluding carboxylic acids is 1. The van der Waals surface area contributed by atoms with E-state index in [9.17, 15) is 4.79 Å². The molecular weight excluding hydrogens is 334 g/mol. The topological polar surface area (TPSA) is 47.6 Å².